The molecule has 1 atom stereocenters. The molecular weight excluding hydrogens is 248 g/mol. The average Bonchev–Trinajstić information content (AvgIpc) is 2.46. The Kier molecular flexibility index (Phi) is 5.86. The highest BCUT2D eigenvalue weighted by Gasteiger charge is 2.16. The van der Waals surface area contributed by atoms with Crippen molar-refractivity contribution in [2.24, 2.45) is 0 Å². The number of hydrogen-bond donors (Lipinski definition) is 1. The number of nitrogens with one attached hydrogen (secondary N) is 1. The van der Waals surface area contributed by atoms with E-state index in [0.29, 0.717) is 6.04 Å². The number of piperidine rings is 1. The summed E-state index contributed by atoms with van der Waals surface area (Å²) in [5, 5.41) is 3.44. The summed E-state index contributed by atoms with van der Waals surface area (Å²) in [5.41, 5.74) is 1.34. The molecule has 0 radical (unpaired) electrons. The first kappa shape index (κ1) is 15.3. The summed E-state index contributed by atoms with van der Waals surface area (Å²) in [5.74, 6) is 0.955. The Hall–Kier alpha value is -1.06. The number of benzene rings is 1. The third kappa shape index (κ3) is 4.50. The topological polar surface area (TPSA) is 24.5 Å². The van der Waals surface area contributed by atoms with Gasteiger partial charge in [0.2, 0.25) is 0 Å². The zero-order valence-corrected chi connectivity index (χ0v) is 13.1. The molecule has 3 nitrogen and oxygen atoms in total. The maximum atomic E-state index is 5.70. The third-order valence-corrected chi connectivity index (χ3v) is 3.89. The Morgan fingerprint density at radius 2 is 1.75 bits per heavy atom. The van der Waals surface area contributed by atoms with E-state index < -0.39 is 0 Å². The molecule has 1 heterocycles. The minimum atomic E-state index is 0.231. The van der Waals surface area contributed by atoms with E-state index in [4.69, 9.17) is 4.74 Å². The van der Waals surface area contributed by atoms with Crippen LogP contribution in [0.1, 0.15) is 44.7 Å². The van der Waals surface area contributed by atoms with Crippen LogP contribution in [-0.4, -0.2) is 37.7 Å². The van der Waals surface area contributed by atoms with Crippen LogP contribution in [-0.2, 0) is 0 Å². The minimum absolute atomic E-state index is 0.231. The van der Waals surface area contributed by atoms with Gasteiger partial charge in [0.15, 0.2) is 0 Å². The third-order valence-electron chi connectivity index (χ3n) is 3.89. The normalized spacial score (nSPS) is 18.2. The molecule has 1 N–H and O–H groups in total. The summed E-state index contributed by atoms with van der Waals surface area (Å²) in [6.07, 6.45) is 4.31. The van der Waals surface area contributed by atoms with E-state index in [-0.39, 0.29) is 6.10 Å². The second kappa shape index (κ2) is 7.65. The van der Waals surface area contributed by atoms with Gasteiger partial charge in [0.25, 0.3) is 0 Å². The second-order valence-corrected chi connectivity index (χ2v) is 5.94. The molecule has 2 rings (SSSR count). The van der Waals surface area contributed by atoms with E-state index in [1.54, 1.807) is 0 Å². The smallest absolute Gasteiger partial charge is 0.119 e. The van der Waals surface area contributed by atoms with Gasteiger partial charge in [0.05, 0.1) is 6.10 Å². The first-order chi connectivity index (χ1) is 9.69. The van der Waals surface area contributed by atoms with Crippen molar-refractivity contribution in [3.63, 3.8) is 0 Å². The van der Waals surface area contributed by atoms with Crippen LogP contribution in [0.3, 0.4) is 0 Å². The zero-order chi connectivity index (χ0) is 14.4. The van der Waals surface area contributed by atoms with Crippen molar-refractivity contribution in [1.82, 2.24) is 10.2 Å². The van der Waals surface area contributed by atoms with Gasteiger partial charge in [-0.15, -0.1) is 0 Å². The molecule has 0 bridgehead atoms. The van der Waals surface area contributed by atoms with Gasteiger partial charge in [-0.25, -0.2) is 0 Å². The molecule has 1 aliphatic rings. The van der Waals surface area contributed by atoms with Crippen LogP contribution in [0.4, 0.5) is 0 Å². The maximum absolute atomic E-state index is 5.70. The van der Waals surface area contributed by atoms with Gasteiger partial charge in [0.1, 0.15) is 5.75 Å². The molecule has 1 aliphatic heterocycles. The van der Waals surface area contributed by atoms with Crippen molar-refractivity contribution in [3.05, 3.63) is 29.8 Å². The lowest BCUT2D eigenvalue weighted by Crippen LogP contribution is -2.37. The van der Waals surface area contributed by atoms with E-state index in [2.05, 4.69) is 48.3 Å². The molecule has 0 amide bonds. The molecule has 0 saturated carbocycles. The van der Waals surface area contributed by atoms with Crippen molar-refractivity contribution < 1.29 is 4.74 Å². The molecule has 1 fully saturated rings. The van der Waals surface area contributed by atoms with Crippen molar-refractivity contribution >= 4 is 0 Å². The Labute approximate surface area is 123 Å². The van der Waals surface area contributed by atoms with Crippen LogP contribution in [0.2, 0.25) is 0 Å². The fraction of sp³-hybridized carbons (Fsp3) is 0.647. The zero-order valence-electron chi connectivity index (χ0n) is 13.1. The van der Waals surface area contributed by atoms with Crippen LogP contribution in [0.15, 0.2) is 24.3 Å². The Morgan fingerprint density at radius 3 is 2.30 bits per heavy atom. The van der Waals surface area contributed by atoms with Gasteiger partial charge in [-0.05, 0) is 64.5 Å². The van der Waals surface area contributed by atoms with Gasteiger partial charge < -0.3 is 15.0 Å². The lowest BCUT2D eigenvalue weighted by atomic mass is 10.0. The molecule has 0 aromatic heterocycles. The standard InChI is InChI=1S/C17H28N2O/c1-14(2)20-16-9-7-15(8-10-16)17(18-3)13-19-11-5-4-6-12-19/h7-10,14,17-18H,4-6,11-13H2,1-3H3. The minimum Gasteiger partial charge on any atom is -0.491 e. The van der Waals surface area contributed by atoms with E-state index in [0.717, 1.165) is 12.3 Å². The Balaban J connectivity index is 1.95. The van der Waals surface area contributed by atoms with Gasteiger partial charge in [0, 0.05) is 12.6 Å². The molecule has 1 unspecified atom stereocenters. The van der Waals surface area contributed by atoms with Crippen LogP contribution in [0.25, 0.3) is 0 Å². The van der Waals surface area contributed by atoms with E-state index >= 15 is 0 Å². The fourth-order valence-corrected chi connectivity index (χ4v) is 2.81. The van der Waals surface area contributed by atoms with Crippen LogP contribution < -0.4 is 10.1 Å². The monoisotopic (exact) mass is 276 g/mol. The number of likely N-dealkylation sites (N-methyl/N-ethyl adjacent to an activating group) is 1. The largest absolute Gasteiger partial charge is 0.491 e. The lowest BCUT2D eigenvalue weighted by molar-refractivity contribution is 0.208. The Morgan fingerprint density at radius 1 is 1.10 bits per heavy atom. The number of ether oxygens (including phenoxy) is 1. The number of hydrogen-bond acceptors (Lipinski definition) is 3. The number of likely N-dealkylation sites (tertiary alicyclic amines) is 1. The first-order valence-electron chi connectivity index (χ1n) is 7.85. The molecule has 20 heavy (non-hydrogen) atoms. The summed E-state index contributed by atoms with van der Waals surface area (Å²) in [6, 6.07) is 8.93. The summed E-state index contributed by atoms with van der Waals surface area (Å²) in [7, 11) is 2.05. The van der Waals surface area contributed by atoms with Gasteiger partial charge in [-0.2, -0.15) is 0 Å². The molecule has 112 valence electrons. The van der Waals surface area contributed by atoms with E-state index in [9.17, 15) is 0 Å². The summed E-state index contributed by atoms with van der Waals surface area (Å²) in [4.78, 5) is 2.57. The maximum Gasteiger partial charge on any atom is 0.119 e. The van der Waals surface area contributed by atoms with Crippen molar-refractivity contribution in [3.8, 4) is 5.75 Å². The molecule has 0 spiro atoms. The SMILES string of the molecule is CNC(CN1CCCCC1)c1ccc(OC(C)C)cc1. The predicted molar refractivity (Wildman–Crippen MR) is 84.3 cm³/mol. The second-order valence-electron chi connectivity index (χ2n) is 5.94. The summed E-state index contributed by atoms with van der Waals surface area (Å²) in [6.45, 7) is 7.70. The molecule has 1 aromatic carbocycles. The summed E-state index contributed by atoms with van der Waals surface area (Å²) >= 11 is 0. The highest BCUT2D eigenvalue weighted by atomic mass is 16.5. The Bertz CT molecular complexity index is 382. The molecule has 1 aromatic rings. The highest BCUT2D eigenvalue weighted by molar-refractivity contribution is 5.29. The van der Waals surface area contributed by atoms with E-state index in [1.165, 1.54) is 37.9 Å². The van der Waals surface area contributed by atoms with Crippen LogP contribution in [0.5, 0.6) is 5.75 Å². The van der Waals surface area contributed by atoms with Crippen LogP contribution in [0, 0.1) is 0 Å². The van der Waals surface area contributed by atoms with Gasteiger partial charge in [-0.1, -0.05) is 18.6 Å². The number of rotatable bonds is 6. The average molecular weight is 276 g/mol. The molecule has 1 saturated heterocycles. The van der Waals surface area contributed by atoms with Gasteiger partial charge in [-0.3, -0.25) is 0 Å². The summed E-state index contributed by atoms with van der Waals surface area (Å²) < 4.78 is 5.70. The lowest BCUT2D eigenvalue weighted by Gasteiger charge is -2.30. The molecule has 3 heteroatoms. The van der Waals surface area contributed by atoms with E-state index in [1.807, 2.05) is 7.05 Å². The predicted octanol–water partition coefficient (Wildman–Crippen LogP) is 3.22. The van der Waals surface area contributed by atoms with Crippen molar-refractivity contribution in [2.45, 2.75) is 45.3 Å². The number of nitrogens with zero attached hydrogens (tertiary/aromatic N) is 1. The molecular formula is C17H28N2O. The first-order valence-corrected chi connectivity index (χ1v) is 7.85. The quantitative estimate of drug-likeness (QED) is 0.863. The highest BCUT2D eigenvalue weighted by Crippen LogP contribution is 2.21. The molecule has 0 aliphatic carbocycles. The van der Waals surface area contributed by atoms with Crippen LogP contribution >= 0.6 is 0 Å². The van der Waals surface area contributed by atoms with Gasteiger partial charge >= 0.3 is 0 Å². The van der Waals surface area contributed by atoms with Crippen molar-refractivity contribution in [1.29, 1.82) is 0 Å². The van der Waals surface area contributed by atoms with Crippen molar-refractivity contribution in [2.75, 3.05) is 26.7 Å². The fourth-order valence-electron chi connectivity index (χ4n) is 2.81.